The summed E-state index contributed by atoms with van der Waals surface area (Å²) in [7, 11) is 1.62. The van der Waals surface area contributed by atoms with Gasteiger partial charge in [0.1, 0.15) is 5.75 Å². The molecule has 0 N–H and O–H groups in total. The van der Waals surface area contributed by atoms with Crippen molar-refractivity contribution in [1.29, 1.82) is 0 Å². The van der Waals surface area contributed by atoms with E-state index in [1.165, 1.54) is 10.7 Å². The van der Waals surface area contributed by atoms with E-state index >= 15 is 0 Å². The van der Waals surface area contributed by atoms with Gasteiger partial charge in [0.2, 0.25) is 0 Å². The van der Waals surface area contributed by atoms with Crippen LogP contribution in [0.2, 0.25) is 0 Å². The molecule has 1 amide bonds. The lowest BCUT2D eigenvalue weighted by molar-refractivity contribution is 0.0492. The van der Waals surface area contributed by atoms with E-state index < -0.39 is 0 Å². The van der Waals surface area contributed by atoms with Crippen LogP contribution in [0.25, 0.3) is 11.3 Å². The molecule has 1 aromatic carbocycles. The summed E-state index contributed by atoms with van der Waals surface area (Å²) < 4.78 is 6.99. The third-order valence-corrected chi connectivity index (χ3v) is 5.99. The fourth-order valence-electron chi connectivity index (χ4n) is 4.07. The second-order valence-electron chi connectivity index (χ2n) is 8.28. The van der Waals surface area contributed by atoms with E-state index in [1.54, 1.807) is 30.3 Å². The van der Waals surface area contributed by atoms with Gasteiger partial charge in [-0.3, -0.25) is 14.6 Å². The number of rotatable bonds is 5. The molecule has 0 bridgehead atoms. The van der Waals surface area contributed by atoms with Crippen LogP contribution in [0.4, 0.5) is 0 Å². The smallest absolute Gasteiger partial charge is 0.267 e. The van der Waals surface area contributed by atoms with E-state index in [9.17, 15) is 9.59 Å². The number of nitrogens with zero attached hydrogens (tertiary/aromatic N) is 4. The van der Waals surface area contributed by atoms with E-state index in [-0.39, 0.29) is 17.5 Å². The molecule has 1 aliphatic heterocycles. The Morgan fingerprint density at radius 3 is 2.68 bits per heavy atom. The third kappa shape index (κ3) is 3.60. The lowest BCUT2D eigenvalue weighted by atomic mass is 10.0. The minimum absolute atomic E-state index is 0.0179. The van der Waals surface area contributed by atoms with Gasteiger partial charge in [-0.15, -0.1) is 0 Å². The highest BCUT2D eigenvalue weighted by Gasteiger charge is 2.37. The van der Waals surface area contributed by atoms with Gasteiger partial charge in [0, 0.05) is 36.8 Å². The SMILES string of the molecule is COc1cc(C)ccc1-c1ccc(=O)n(C2CN(C(=O)c3cccnc3C3CC3)C2)n1. The Morgan fingerprint density at radius 1 is 1.13 bits per heavy atom. The molecule has 1 aliphatic carbocycles. The number of carbonyl (C=O) groups excluding carboxylic acids is 1. The quantitative estimate of drug-likeness (QED) is 0.638. The lowest BCUT2D eigenvalue weighted by Crippen LogP contribution is -2.53. The Kier molecular flexibility index (Phi) is 4.81. The summed E-state index contributed by atoms with van der Waals surface area (Å²) in [5.41, 5.74) is 4.00. The zero-order valence-electron chi connectivity index (χ0n) is 17.6. The Labute approximate surface area is 180 Å². The number of methoxy groups -OCH3 is 1. The van der Waals surface area contributed by atoms with Gasteiger partial charge in [0.25, 0.3) is 11.5 Å². The first-order chi connectivity index (χ1) is 15.0. The third-order valence-electron chi connectivity index (χ3n) is 5.99. The van der Waals surface area contributed by atoms with Crippen LogP contribution in [-0.4, -0.2) is 45.8 Å². The van der Waals surface area contributed by atoms with Crippen LogP contribution in [0, 0.1) is 6.92 Å². The summed E-state index contributed by atoms with van der Waals surface area (Å²) in [5.74, 6) is 1.10. The molecule has 7 nitrogen and oxygen atoms in total. The second kappa shape index (κ2) is 7.65. The summed E-state index contributed by atoms with van der Waals surface area (Å²) >= 11 is 0. The molecule has 0 radical (unpaired) electrons. The van der Waals surface area contributed by atoms with E-state index in [2.05, 4.69) is 10.1 Å². The molecule has 31 heavy (non-hydrogen) atoms. The number of aryl methyl sites for hydroxylation is 1. The van der Waals surface area contributed by atoms with Crippen molar-refractivity contribution in [1.82, 2.24) is 19.7 Å². The zero-order valence-corrected chi connectivity index (χ0v) is 17.6. The molecular weight excluding hydrogens is 392 g/mol. The van der Waals surface area contributed by atoms with E-state index in [1.807, 2.05) is 31.2 Å². The summed E-state index contributed by atoms with van der Waals surface area (Å²) in [4.78, 5) is 31.7. The number of hydrogen-bond acceptors (Lipinski definition) is 5. The van der Waals surface area contributed by atoms with Crippen LogP contribution >= 0.6 is 0 Å². The highest BCUT2D eigenvalue weighted by Crippen LogP contribution is 2.41. The zero-order chi connectivity index (χ0) is 21.5. The summed E-state index contributed by atoms with van der Waals surface area (Å²) in [6.07, 6.45) is 3.93. The van der Waals surface area contributed by atoms with Crippen molar-refractivity contribution in [2.75, 3.05) is 20.2 Å². The number of benzene rings is 1. The Balaban J connectivity index is 1.37. The Bertz CT molecular complexity index is 1210. The van der Waals surface area contributed by atoms with Gasteiger partial charge < -0.3 is 9.64 Å². The number of ether oxygens (including phenoxy) is 1. The van der Waals surface area contributed by atoms with Gasteiger partial charge >= 0.3 is 0 Å². The van der Waals surface area contributed by atoms with E-state index in [4.69, 9.17) is 4.74 Å². The molecule has 2 aliphatic rings. The van der Waals surface area contributed by atoms with Crippen LogP contribution in [0.1, 0.15) is 46.4 Å². The van der Waals surface area contributed by atoms with Crippen molar-refractivity contribution in [2.45, 2.75) is 31.7 Å². The average molecular weight is 416 g/mol. The van der Waals surface area contributed by atoms with Gasteiger partial charge in [0.15, 0.2) is 0 Å². The maximum atomic E-state index is 13.0. The molecule has 0 atom stereocenters. The monoisotopic (exact) mass is 416 g/mol. The van der Waals surface area contributed by atoms with Crippen molar-refractivity contribution >= 4 is 5.91 Å². The maximum Gasteiger partial charge on any atom is 0.267 e. The topological polar surface area (TPSA) is 77.3 Å². The predicted octanol–water partition coefficient (Wildman–Crippen LogP) is 3.20. The fourth-order valence-corrected chi connectivity index (χ4v) is 4.07. The maximum absolute atomic E-state index is 13.0. The average Bonchev–Trinajstić information content (AvgIpc) is 3.59. The molecule has 3 heterocycles. The molecule has 3 aromatic rings. The number of likely N-dealkylation sites (tertiary alicyclic amines) is 1. The summed E-state index contributed by atoms with van der Waals surface area (Å²) in [6.45, 7) is 2.91. The molecule has 0 spiro atoms. The van der Waals surface area contributed by atoms with Gasteiger partial charge in [-0.25, -0.2) is 4.68 Å². The van der Waals surface area contributed by atoms with Crippen LogP contribution in [0.3, 0.4) is 0 Å². The molecule has 2 aromatic heterocycles. The molecule has 158 valence electrons. The molecule has 1 saturated heterocycles. The summed E-state index contributed by atoms with van der Waals surface area (Å²) in [6, 6.07) is 12.6. The number of aromatic nitrogens is 3. The van der Waals surface area contributed by atoms with Gasteiger partial charge in [-0.1, -0.05) is 6.07 Å². The second-order valence-corrected chi connectivity index (χ2v) is 8.28. The molecular formula is C24H24N4O3. The fraction of sp³-hybridized carbons (Fsp3) is 0.333. The van der Waals surface area contributed by atoms with Crippen LogP contribution in [-0.2, 0) is 0 Å². The van der Waals surface area contributed by atoms with Gasteiger partial charge in [-0.05, 0) is 55.7 Å². The highest BCUT2D eigenvalue weighted by molar-refractivity contribution is 5.96. The molecule has 7 heteroatoms. The first-order valence-electron chi connectivity index (χ1n) is 10.5. The van der Waals surface area contributed by atoms with Crippen molar-refractivity contribution in [3.05, 3.63) is 75.8 Å². The van der Waals surface area contributed by atoms with Crippen molar-refractivity contribution in [2.24, 2.45) is 0 Å². The first kappa shape index (κ1) is 19.5. The molecule has 0 unspecified atom stereocenters. The van der Waals surface area contributed by atoms with Crippen molar-refractivity contribution in [3.8, 4) is 17.0 Å². The largest absolute Gasteiger partial charge is 0.496 e. The Morgan fingerprint density at radius 2 is 1.94 bits per heavy atom. The van der Waals surface area contributed by atoms with Crippen LogP contribution in [0.15, 0.2) is 53.5 Å². The number of pyridine rings is 1. The lowest BCUT2D eigenvalue weighted by Gasteiger charge is -2.39. The number of carbonyl (C=O) groups is 1. The van der Waals surface area contributed by atoms with E-state index in [0.717, 1.165) is 29.7 Å². The van der Waals surface area contributed by atoms with Crippen LogP contribution in [0.5, 0.6) is 5.75 Å². The highest BCUT2D eigenvalue weighted by atomic mass is 16.5. The minimum Gasteiger partial charge on any atom is -0.496 e. The predicted molar refractivity (Wildman–Crippen MR) is 116 cm³/mol. The van der Waals surface area contributed by atoms with Crippen molar-refractivity contribution < 1.29 is 9.53 Å². The molecule has 5 rings (SSSR count). The van der Waals surface area contributed by atoms with E-state index in [0.29, 0.717) is 36.0 Å². The number of amides is 1. The normalized spacial score (nSPS) is 16.1. The standard InChI is InChI=1S/C24H24N4O3/c1-15-5-8-18(21(12-15)31-2)20-9-10-22(29)28(26-20)17-13-27(14-17)24(30)19-4-3-11-25-23(19)16-6-7-16/h3-5,8-12,16-17H,6-7,13-14H2,1-2H3. The van der Waals surface area contributed by atoms with Crippen molar-refractivity contribution in [3.63, 3.8) is 0 Å². The molecule has 1 saturated carbocycles. The number of hydrogen-bond donors (Lipinski definition) is 0. The van der Waals surface area contributed by atoms with Gasteiger partial charge in [0.05, 0.1) is 30.1 Å². The van der Waals surface area contributed by atoms with Crippen LogP contribution < -0.4 is 10.3 Å². The first-order valence-corrected chi connectivity index (χ1v) is 10.5. The minimum atomic E-state index is -0.174. The van der Waals surface area contributed by atoms with Gasteiger partial charge in [-0.2, -0.15) is 5.10 Å². The Hall–Kier alpha value is -3.48. The molecule has 2 fully saturated rings. The summed E-state index contributed by atoms with van der Waals surface area (Å²) in [5, 5.41) is 4.60.